The molecule has 11 nitrogen and oxygen atoms in total. The van der Waals surface area contributed by atoms with Crippen LogP contribution in [0.5, 0.6) is 11.5 Å². The van der Waals surface area contributed by atoms with Crippen molar-refractivity contribution in [3.8, 4) is 11.5 Å². The van der Waals surface area contributed by atoms with Gasteiger partial charge in [0.1, 0.15) is 17.1 Å². The van der Waals surface area contributed by atoms with Crippen LogP contribution in [0.2, 0.25) is 0 Å². The molecule has 2 aromatic heterocycles. The lowest BCUT2D eigenvalue weighted by Crippen LogP contribution is -2.12. The number of aromatic carboxylic acids is 2. The van der Waals surface area contributed by atoms with Crippen LogP contribution in [0, 0.1) is 0 Å². The molecule has 4 N–H and O–H groups in total. The van der Waals surface area contributed by atoms with Crippen LogP contribution in [0.1, 0.15) is 88.2 Å². The van der Waals surface area contributed by atoms with Gasteiger partial charge in [0, 0.05) is 22.1 Å². The minimum Gasteiger partial charge on any atom is -0.507 e. The molecular weight excluding hydrogens is 640 g/mol. The minimum absolute atomic E-state index is 0.0206. The number of carboxylic acids is 2. The van der Waals surface area contributed by atoms with E-state index in [1.165, 1.54) is 43.1 Å². The van der Waals surface area contributed by atoms with E-state index in [4.69, 9.17) is 13.6 Å². The molecule has 12 heteroatoms. The fourth-order valence-electron chi connectivity index (χ4n) is 4.91. The predicted molar refractivity (Wildman–Crippen MR) is 179 cm³/mol. The number of allylic oxidation sites excluding steroid dienone is 3. The van der Waals surface area contributed by atoms with Gasteiger partial charge in [-0.2, -0.15) is 0 Å². The third kappa shape index (κ3) is 9.05. The van der Waals surface area contributed by atoms with Gasteiger partial charge in [0.05, 0.1) is 35.2 Å². The molecule has 2 aromatic carbocycles. The van der Waals surface area contributed by atoms with E-state index in [-0.39, 0.29) is 39.4 Å². The second kappa shape index (κ2) is 16.7. The average Bonchev–Trinajstić information content (AvgIpc) is 3.55. The van der Waals surface area contributed by atoms with Crippen LogP contribution in [0.3, 0.4) is 0 Å². The van der Waals surface area contributed by atoms with Gasteiger partial charge in [-0.3, -0.25) is 9.59 Å². The summed E-state index contributed by atoms with van der Waals surface area (Å²) in [7, 11) is 0. The van der Waals surface area contributed by atoms with E-state index in [1.54, 1.807) is 30.4 Å². The van der Waals surface area contributed by atoms with Crippen LogP contribution in [-0.2, 0) is 6.42 Å². The third-order valence-corrected chi connectivity index (χ3v) is 8.57. The van der Waals surface area contributed by atoms with E-state index in [2.05, 4.69) is 0 Å². The van der Waals surface area contributed by atoms with Crippen molar-refractivity contribution in [2.45, 2.75) is 62.2 Å². The maximum atomic E-state index is 12.3. The number of carbonyl (C=O) groups is 3. The highest BCUT2D eigenvalue weighted by atomic mass is 32.2. The molecule has 0 aliphatic rings. The van der Waals surface area contributed by atoms with E-state index >= 15 is 0 Å². The van der Waals surface area contributed by atoms with Crippen molar-refractivity contribution in [1.29, 1.82) is 0 Å². The minimum atomic E-state index is -1.38. The number of hydrogen-bond donors (Lipinski definition) is 4. The Morgan fingerprint density at radius 3 is 2.46 bits per heavy atom. The quantitative estimate of drug-likeness (QED) is 0.0382. The second-order valence-electron chi connectivity index (χ2n) is 10.9. The fourth-order valence-corrected chi connectivity index (χ4v) is 6.00. The molecule has 252 valence electrons. The number of aliphatic hydroxyl groups excluding tert-OH is 1. The molecule has 0 radical (unpaired) electrons. The number of ether oxygens (including phenoxy) is 1. The molecule has 2 heterocycles. The Balaban J connectivity index is 1.40. The Bertz CT molecular complexity index is 1900. The van der Waals surface area contributed by atoms with Gasteiger partial charge in [-0.05, 0) is 69.0 Å². The summed E-state index contributed by atoms with van der Waals surface area (Å²) in [6.45, 7) is 3.84. The van der Waals surface area contributed by atoms with E-state index in [9.17, 15) is 39.6 Å². The zero-order valence-electron chi connectivity index (χ0n) is 26.4. The van der Waals surface area contributed by atoms with E-state index in [0.717, 1.165) is 31.7 Å². The van der Waals surface area contributed by atoms with Gasteiger partial charge < -0.3 is 34.0 Å². The van der Waals surface area contributed by atoms with E-state index < -0.39 is 34.5 Å². The number of aliphatic hydroxyl groups is 1. The Hall–Kier alpha value is -5.07. The molecule has 4 aromatic rings. The third-order valence-electron chi connectivity index (χ3n) is 7.36. The van der Waals surface area contributed by atoms with Crippen molar-refractivity contribution < 1.29 is 48.4 Å². The number of carbonyl (C=O) groups excluding carboxylic acids is 1. The molecule has 0 spiro atoms. The number of carboxylic acid groups (broad SMARTS) is 2. The Kier molecular flexibility index (Phi) is 12.4. The van der Waals surface area contributed by atoms with Gasteiger partial charge in [-0.1, -0.05) is 37.6 Å². The highest BCUT2D eigenvalue weighted by molar-refractivity contribution is 8.00. The zero-order chi connectivity index (χ0) is 34.8. The highest BCUT2D eigenvalue weighted by Gasteiger charge is 2.24. The summed E-state index contributed by atoms with van der Waals surface area (Å²) in [5.41, 5.74) is 0.755. The Labute approximate surface area is 280 Å². The lowest BCUT2D eigenvalue weighted by atomic mass is 10.0. The van der Waals surface area contributed by atoms with Crippen molar-refractivity contribution >= 4 is 40.5 Å². The summed E-state index contributed by atoms with van der Waals surface area (Å²) in [5.74, 6) is -3.11. The van der Waals surface area contributed by atoms with Crippen molar-refractivity contribution in [2.75, 3.05) is 6.61 Å². The number of fused-ring (bicyclic) bond motifs is 1. The number of rotatable bonds is 17. The summed E-state index contributed by atoms with van der Waals surface area (Å²) >= 11 is 1.20. The second-order valence-corrected chi connectivity index (χ2v) is 12.2. The van der Waals surface area contributed by atoms with Crippen molar-refractivity contribution in [1.82, 2.24) is 0 Å². The number of phenolic OH excluding ortho intramolecular Hbond substituents is 1. The van der Waals surface area contributed by atoms with Crippen molar-refractivity contribution in [3.63, 3.8) is 0 Å². The van der Waals surface area contributed by atoms with Crippen LogP contribution in [0.25, 0.3) is 11.0 Å². The fraction of sp³-hybridized carbons (Fsp3) is 0.278. The number of benzene rings is 2. The predicted octanol–water partition coefficient (Wildman–Crippen LogP) is 7.20. The molecule has 0 saturated carbocycles. The molecule has 48 heavy (non-hydrogen) atoms. The van der Waals surface area contributed by atoms with Gasteiger partial charge in [-0.25, -0.2) is 9.59 Å². The molecule has 0 saturated heterocycles. The highest BCUT2D eigenvalue weighted by Crippen LogP contribution is 2.36. The number of hydrogen-bond acceptors (Lipinski definition) is 10. The molecule has 0 aliphatic heterocycles. The molecule has 0 unspecified atom stereocenters. The number of Topliss-reactive ketones (excluding diaryl/α,β-unsaturated/α-hetero) is 1. The average molecular weight is 677 g/mol. The van der Waals surface area contributed by atoms with Gasteiger partial charge in [-0.15, -0.1) is 11.8 Å². The lowest BCUT2D eigenvalue weighted by Gasteiger charge is -2.18. The van der Waals surface area contributed by atoms with Crippen LogP contribution in [0.4, 0.5) is 0 Å². The van der Waals surface area contributed by atoms with Crippen LogP contribution in [-0.4, -0.2) is 50.0 Å². The van der Waals surface area contributed by atoms with Crippen molar-refractivity contribution in [3.05, 3.63) is 111 Å². The number of aromatic hydroxyl groups is 1. The lowest BCUT2D eigenvalue weighted by molar-refractivity contribution is 0.0653. The molecule has 0 aliphatic carbocycles. The van der Waals surface area contributed by atoms with Gasteiger partial charge in [0.15, 0.2) is 11.2 Å². The zero-order valence-corrected chi connectivity index (χ0v) is 27.2. The van der Waals surface area contributed by atoms with Crippen LogP contribution >= 0.6 is 11.8 Å². The summed E-state index contributed by atoms with van der Waals surface area (Å²) in [6.07, 6.45) is 11.0. The van der Waals surface area contributed by atoms with Gasteiger partial charge in [0.2, 0.25) is 11.5 Å². The first kappa shape index (κ1) is 35.8. The SMILES string of the molecule is CCCc1c(OCCCCC=CC=C[C@H](Sc2ccc3c(=O)cc(C(=O)O)oc3c2)[C@H](O)c2coc(C(=O)O)c2)ccc(C(C)=O)c1O. The summed E-state index contributed by atoms with van der Waals surface area (Å²) < 4.78 is 16.4. The standard InChI is InChI=1S/C36H36O11S/c1-3-10-26-28(15-14-24(21(2)37)34(26)40)45-16-9-7-5-4-6-8-11-32(33(39)22-17-30(35(41)42)46-20-22)48-23-12-13-25-27(38)19-31(36(43)44)47-29(25)18-23/h4,6,8,11-15,17-20,32-33,39-40H,3,5,7,9-10,16H2,1-2H3,(H,41,42)(H,43,44)/t32-,33+/m0/s1. The first-order valence-corrected chi connectivity index (χ1v) is 16.2. The summed E-state index contributed by atoms with van der Waals surface area (Å²) in [6, 6.07) is 10.1. The van der Waals surface area contributed by atoms with Gasteiger partial charge in [0.25, 0.3) is 0 Å². The smallest absolute Gasteiger partial charge is 0.371 e. The maximum Gasteiger partial charge on any atom is 0.371 e. The van der Waals surface area contributed by atoms with Crippen LogP contribution < -0.4 is 10.2 Å². The summed E-state index contributed by atoms with van der Waals surface area (Å²) in [5, 5.41) is 39.8. The molecular formula is C36H36O11S. The maximum absolute atomic E-state index is 12.3. The van der Waals surface area contributed by atoms with E-state index in [0.29, 0.717) is 29.2 Å². The summed E-state index contributed by atoms with van der Waals surface area (Å²) in [4.78, 5) is 47.4. The normalized spacial score (nSPS) is 12.9. The number of phenols is 1. The Morgan fingerprint density at radius 1 is 1.00 bits per heavy atom. The number of ketones is 1. The van der Waals surface area contributed by atoms with Crippen LogP contribution in [0.15, 0.2) is 91.6 Å². The van der Waals surface area contributed by atoms with Crippen molar-refractivity contribution in [2.24, 2.45) is 0 Å². The number of furan rings is 1. The number of thioether (sulfide) groups is 1. The first-order valence-electron chi connectivity index (χ1n) is 15.3. The topological polar surface area (TPSA) is 185 Å². The van der Waals surface area contributed by atoms with E-state index in [1.807, 2.05) is 19.1 Å². The molecule has 0 amide bonds. The monoisotopic (exact) mass is 676 g/mol. The van der Waals surface area contributed by atoms with Gasteiger partial charge >= 0.3 is 11.9 Å². The Morgan fingerprint density at radius 2 is 1.77 bits per heavy atom. The largest absolute Gasteiger partial charge is 0.507 e. The molecule has 2 atom stereocenters. The number of unbranched alkanes of at least 4 members (excludes halogenated alkanes) is 2. The first-order chi connectivity index (χ1) is 23.0. The molecule has 0 fully saturated rings. The molecule has 0 bridgehead atoms. The molecule has 4 rings (SSSR count).